The van der Waals surface area contributed by atoms with Crippen molar-refractivity contribution in [3.8, 4) is 5.75 Å². The van der Waals surface area contributed by atoms with Crippen LogP contribution in [-0.2, 0) is 4.79 Å². The third-order valence-corrected chi connectivity index (χ3v) is 4.15. The maximum absolute atomic E-state index is 12.4. The van der Waals surface area contributed by atoms with Crippen molar-refractivity contribution >= 4 is 12.0 Å². The van der Waals surface area contributed by atoms with Gasteiger partial charge >= 0.3 is 6.61 Å². The number of hydrogen-bond donors (Lipinski definition) is 0. The van der Waals surface area contributed by atoms with Gasteiger partial charge in [-0.1, -0.05) is 17.3 Å². The lowest BCUT2D eigenvalue weighted by molar-refractivity contribution is -0.127. The highest BCUT2D eigenvalue weighted by Gasteiger charge is 2.27. The molecule has 26 heavy (non-hydrogen) atoms. The normalized spacial score (nSPS) is 17.8. The molecule has 6 nitrogen and oxygen atoms in total. The number of ether oxygens (including phenoxy) is 1. The van der Waals surface area contributed by atoms with Gasteiger partial charge in [0.1, 0.15) is 5.75 Å². The molecule has 0 saturated carbocycles. The minimum atomic E-state index is -2.85. The Morgan fingerprint density at radius 1 is 1.38 bits per heavy atom. The summed E-state index contributed by atoms with van der Waals surface area (Å²) in [6.45, 7) is 0.117. The molecule has 1 aliphatic heterocycles. The van der Waals surface area contributed by atoms with Crippen molar-refractivity contribution < 1.29 is 22.8 Å². The summed E-state index contributed by atoms with van der Waals surface area (Å²) in [6.07, 6.45) is 4.89. The Balaban J connectivity index is 1.59. The van der Waals surface area contributed by atoms with E-state index >= 15 is 0 Å². The largest absolute Gasteiger partial charge is 0.435 e. The van der Waals surface area contributed by atoms with Gasteiger partial charge in [-0.15, -0.1) is 0 Å². The van der Waals surface area contributed by atoms with E-state index in [4.69, 9.17) is 4.52 Å². The summed E-state index contributed by atoms with van der Waals surface area (Å²) in [5.41, 5.74) is 0.723. The van der Waals surface area contributed by atoms with Gasteiger partial charge in [-0.05, 0) is 43.5 Å². The predicted molar refractivity (Wildman–Crippen MR) is 89.7 cm³/mol. The van der Waals surface area contributed by atoms with Crippen molar-refractivity contribution in [2.75, 3.05) is 13.1 Å². The number of benzene rings is 1. The summed E-state index contributed by atoms with van der Waals surface area (Å²) in [5.74, 6) is 1.17. The molecule has 0 aliphatic carbocycles. The summed E-state index contributed by atoms with van der Waals surface area (Å²) in [6, 6.07) is 6.10. The molecule has 1 amide bonds. The van der Waals surface area contributed by atoms with Gasteiger partial charge in [-0.2, -0.15) is 13.8 Å². The molecule has 138 valence electrons. The number of carbonyl (C=O) groups is 1. The SMILES string of the molecule is Cc1noc([C@H]2CCCN(C(=O)/C=C\c3ccc(OC(F)F)cc3)C2)n1. The molecular formula is C18H19F2N3O3. The molecule has 1 aromatic carbocycles. The number of nitrogens with zero attached hydrogens (tertiary/aromatic N) is 3. The molecule has 2 aromatic rings. The Morgan fingerprint density at radius 3 is 2.81 bits per heavy atom. The molecule has 3 rings (SSSR count). The molecule has 1 aliphatic rings. The van der Waals surface area contributed by atoms with E-state index < -0.39 is 6.61 Å². The summed E-state index contributed by atoms with van der Waals surface area (Å²) in [4.78, 5) is 18.4. The fourth-order valence-corrected chi connectivity index (χ4v) is 2.89. The van der Waals surface area contributed by atoms with Crippen LogP contribution >= 0.6 is 0 Å². The van der Waals surface area contributed by atoms with Crippen LogP contribution in [0.15, 0.2) is 34.9 Å². The van der Waals surface area contributed by atoms with Crippen LogP contribution in [0, 0.1) is 6.92 Å². The van der Waals surface area contributed by atoms with Gasteiger partial charge in [0.25, 0.3) is 0 Å². The van der Waals surface area contributed by atoms with E-state index in [-0.39, 0.29) is 17.6 Å². The van der Waals surface area contributed by atoms with Crippen molar-refractivity contribution in [1.82, 2.24) is 15.0 Å². The molecular weight excluding hydrogens is 344 g/mol. The molecule has 0 bridgehead atoms. The smallest absolute Gasteiger partial charge is 0.387 e. The highest BCUT2D eigenvalue weighted by atomic mass is 19.3. The maximum Gasteiger partial charge on any atom is 0.387 e. The van der Waals surface area contributed by atoms with E-state index in [1.807, 2.05) is 0 Å². The number of aromatic nitrogens is 2. The number of halogens is 2. The number of carbonyl (C=O) groups excluding carboxylic acids is 1. The lowest BCUT2D eigenvalue weighted by Crippen LogP contribution is -2.38. The highest BCUT2D eigenvalue weighted by molar-refractivity contribution is 5.91. The zero-order valence-corrected chi connectivity index (χ0v) is 14.3. The minimum absolute atomic E-state index is 0.0491. The van der Waals surface area contributed by atoms with Crippen LogP contribution in [0.3, 0.4) is 0 Å². The molecule has 0 radical (unpaired) electrons. The van der Waals surface area contributed by atoms with Gasteiger partial charge in [0.2, 0.25) is 11.8 Å². The Hall–Kier alpha value is -2.77. The number of rotatable bonds is 5. The van der Waals surface area contributed by atoms with Crippen LogP contribution < -0.4 is 4.74 Å². The second-order valence-corrected chi connectivity index (χ2v) is 6.08. The van der Waals surface area contributed by atoms with Crippen molar-refractivity contribution in [3.63, 3.8) is 0 Å². The second kappa shape index (κ2) is 8.07. The molecule has 0 unspecified atom stereocenters. The average Bonchev–Trinajstić information content (AvgIpc) is 3.07. The first-order valence-electron chi connectivity index (χ1n) is 8.33. The second-order valence-electron chi connectivity index (χ2n) is 6.08. The number of hydrogen-bond acceptors (Lipinski definition) is 5. The molecule has 0 spiro atoms. The third kappa shape index (κ3) is 4.65. The number of aryl methyl sites for hydroxylation is 1. The topological polar surface area (TPSA) is 68.5 Å². The van der Waals surface area contributed by atoms with E-state index in [0.717, 1.165) is 18.4 Å². The Labute approximate surface area is 149 Å². The predicted octanol–water partition coefficient (Wildman–Crippen LogP) is 3.40. The zero-order chi connectivity index (χ0) is 18.5. The summed E-state index contributed by atoms with van der Waals surface area (Å²) in [7, 11) is 0. The molecule has 1 fully saturated rings. The lowest BCUT2D eigenvalue weighted by Gasteiger charge is -2.30. The van der Waals surface area contributed by atoms with Gasteiger partial charge < -0.3 is 14.2 Å². The van der Waals surface area contributed by atoms with E-state index in [1.54, 1.807) is 30.0 Å². The fourth-order valence-electron chi connectivity index (χ4n) is 2.89. The van der Waals surface area contributed by atoms with Crippen LogP contribution in [0.5, 0.6) is 5.75 Å². The third-order valence-electron chi connectivity index (χ3n) is 4.15. The summed E-state index contributed by atoms with van der Waals surface area (Å²) < 4.78 is 33.8. The Morgan fingerprint density at radius 2 is 2.15 bits per heavy atom. The first kappa shape index (κ1) is 18.0. The van der Waals surface area contributed by atoms with E-state index in [0.29, 0.717) is 24.8 Å². The molecule has 1 aromatic heterocycles. The van der Waals surface area contributed by atoms with Crippen LogP contribution in [0.1, 0.15) is 36.0 Å². The number of likely N-dealkylation sites (tertiary alicyclic amines) is 1. The Kier molecular flexibility index (Phi) is 5.60. The van der Waals surface area contributed by atoms with Crippen molar-refractivity contribution in [2.24, 2.45) is 0 Å². The molecule has 0 N–H and O–H groups in total. The van der Waals surface area contributed by atoms with Crippen LogP contribution in [0.4, 0.5) is 8.78 Å². The highest BCUT2D eigenvalue weighted by Crippen LogP contribution is 2.26. The van der Waals surface area contributed by atoms with Crippen LogP contribution in [0.2, 0.25) is 0 Å². The van der Waals surface area contributed by atoms with Gasteiger partial charge in [0, 0.05) is 19.2 Å². The first-order chi connectivity index (χ1) is 12.5. The van der Waals surface area contributed by atoms with Crippen molar-refractivity contribution in [1.29, 1.82) is 0 Å². The fraction of sp³-hybridized carbons (Fsp3) is 0.389. The Bertz CT molecular complexity index is 774. The van der Waals surface area contributed by atoms with Gasteiger partial charge in [-0.3, -0.25) is 4.79 Å². The summed E-state index contributed by atoms with van der Waals surface area (Å²) in [5, 5.41) is 3.80. The van der Waals surface area contributed by atoms with Gasteiger partial charge in [-0.25, -0.2) is 0 Å². The quantitative estimate of drug-likeness (QED) is 0.762. The maximum atomic E-state index is 12.4. The first-order valence-corrected chi connectivity index (χ1v) is 8.33. The van der Waals surface area contributed by atoms with Crippen LogP contribution in [0.25, 0.3) is 6.08 Å². The number of alkyl halides is 2. The van der Waals surface area contributed by atoms with E-state index in [9.17, 15) is 13.6 Å². The molecule has 1 atom stereocenters. The lowest BCUT2D eigenvalue weighted by atomic mass is 9.98. The molecule has 8 heteroatoms. The summed E-state index contributed by atoms with van der Waals surface area (Å²) >= 11 is 0. The average molecular weight is 363 g/mol. The molecule has 2 heterocycles. The standard InChI is InChI=1S/C18H19F2N3O3/c1-12-21-17(26-22-12)14-3-2-10-23(11-14)16(24)9-6-13-4-7-15(8-5-13)25-18(19)20/h4-9,14,18H,2-3,10-11H2,1H3/b9-6-/t14-/m0/s1. The van der Waals surface area contributed by atoms with Crippen LogP contribution in [-0.4, -0.2) is 40.6 Å². The number of amides is 1. The van der Waals surface area contributed by atoms with E-state index in [2.05, 4.69) is 14.9 Å². The van der Waals surface area contributed by atoms with Gasteiger partial charge in [0.15, 0.2) is 5.82 Å². The van der Waals surface area contributed by atoms with Crippen molar-refractivity contribution in [2.45, 2.75) is 32.3 Å². The number of piperidine rings is 1. The zero-order valence-electron chi connectivity index (χ0n) is 14.3. The molecule has 1 saturated heterocycles. The van der Waals surface area contributed by atoms with Gasteiger partial charge in [0.05, 0.1) is 5.92 Å². The van der Waals surface area contributed by atoms with E-state index in [1.165, 1.54) is 18.2 Å². The van der Waals surface area contributed by atoms with Crippen molar-refractivity contribution in [3.05, 3.63) is 47.6 Å². The monoisotopic (exact) mass is 363 g/mol. The minimum Gasteiger partial charge on any atom is -0.435 e.